The van der Waals surface area contributed by atoms with E-state index in [9.17, 15) is 0 Å². The Morgan fingerprint density at radius 3 is 2.60 bits per heavy atom. The molecule has 0 saturated heterocycles. The largest absolute Gasteiger partial charge is 0.308 e. The topological polar surface area (TPSA) is 63.8 Å². The van der Waals surface area contributed by atoms with Crippen molar-refractivity contribution in [2.45, 2.75) is 20.3 Å². The highest BCUT2D eigenvalue weighted by atomic mass is 32.1. The Kier molecular flexibility index (Phi) is 3.38. The van der Waals surface area contributed by atoms with Crippen LogP contribution in [0, 0.1) is 6.92 Å². The van der Waals surface area contributed by atoms with Crippen LogP contribution in [0.3, 0.4) is 0 Å². The molecular formula is C15H16N4S. The van der Waals surface area contributed by atoms with Crippen molar-refractivity contribution >= 4 is 27.4 Å². The van der Waals surface area contributed by atoms with E-state index in [1.165, 1.54) is 21.6 Å². The van der Waals surface area contributed by atoms with Gasteiger partial charge in [0, 0.05) is 10.4 Å². The molecule has 3 rings (SSSR count). The number of fused-ring (bicyclic) bond motifs is 1. The van der Waals surface area contributed by atoms with Crippen molar-refractivity contribution in [3.05, 3.63) is 41.0 Å². The van der Waals surface area contributed by atoms with Crippen molar-refractivity contribution in [3.63, 3.8) is 0 Å². The number of nitrogen functional groups attached to an aromatic ring is 1. The molecule has 5 heteroatoms. The number of anilines is 1. The van der Waals surface area contributed by atoms with Crippen molar-refractivity contribution in [3.8, 4) is 11.1 Å². The van der Waals surface area contributed by atoms with Crippen LogP contribution < -0.4 is 11.3 Å². The lowest BCUT2D eigenvalue weighted by atomic mass is 10.0. The van der Waals surface area contributed by atoms with Gasteiger partial charge in [-0.2, -0.15) is 0 Å². The summed E-state index contributed by atoms with van der Waals surface area (Å²) in [6.45, 7) is 4.25. The quantitative estimate of drug-likeness (QED) is 0.570. The normalized spacial score (nSPS) is 10.9. The van der Waals surface area contributed by atoms with Gasteiger partial charge in [-0.25, -0.2) is 15.8 Å². The molecule has 4 nitrogen and oxygen atoms in total. The molecule has 0 bridgehead atoms. The number of rotatable bonds is 3. The second-order valence-corrected chi connectivity index (χ2v) is 5.75. The van der Waals surface area contributed by atoms with Gasteiger partial charge in [0.2, 0.25) is 0 Å². The Balaban J connectivity index is 2.34. The molecule has 0 saturated carbocycles. The lowest BCUT2D eigenvalue weighted by Gasteiger charge is -2.06. The Morgan fingerprint density at radius 1 is 1.20 bits per heavy atom. The van der Waals surface area contributed by atoms with E-state index in [2.05, 4.69) is 53.5 Å². The van der Waals surface area contributed by atoms with Crippen molar-refractivity contribution < 1.29 is 0 Å². The SMILES string of the molecule is CCc1sc2ncnc(NN)c2c1-c1ccc(C)cc1. The predicted octanol–water partition coefficient (Wildman–Crippen LogP) is 3.51. The molecule has 102 valence electrons. The number of nitrogens with one attached hydrogen (secondary N) is 1. The van der Waals surface area contributed by atoms with Crippen LogP contribution in [0.2, 0.25) is 0 Å². The average Bonchev–Trinajstić information content (AvgIpc) is 2.86. The van der Waals surface area contributed by atoms with E-state index in [1.54, 1.807) is 17.7 Å². The summed E-state index contributed by atoms with van der Waals surface area (Å²) in [5.74, 6) is 6.28. The van der Waals surface area contributed by atoms with Gasteiger partial charge in [0.1, 0.15) is 11.2 Å². The molecule has 3 aromatic rings. The van der Waals surface area contributed by atoms with Gasteiger partial charge in [-0.05, 0) is 18.9 Å². The molecule has 0 amide bonds. The van der Waals surface area contributed by atoms with Gasteiger partial charge in [-0.15, -0.1) is 11.3 Å². The maximum absolute atomic E-state index is 5.60. The summed E-state index contributed by atoms with van der Waals surface area (Å²) in [4.78, 5) is 10.9. The lowest BCUT2D eigenvalue weighted by Crippen LogP contribution is -2.09. The van der Waals surface area contributed by atoms with Crippen molar-refractivity contribution in [2.24, 2.45) is 5.84 Å². The molecular weight excluding hydrogens is 268 g/mol. The van der Waals surface area contributed by atoms with E-state index in [0.29, 0.717) is 5.82 Å². The third-order valence-electron chi connectivity index (χ3n) is 3.36. The van der Waals surface area contributed by atoms with Gasteiger partial charge in [-0.1, -0.05) is 36.8 Å². The molecule has 0 atom stereocenters. The third kappa shape index (κ3) is 2.05. The summed E-state index contributed by atoms with van der Waals surface area (Å²) < 4.78 is 0. The van der Waals surface area contributed by atoms with Crippen molar-refractivity contribution in [1.29, 1.82) is 0 Å². The zero-order valence-electron chi connectivity index (χ0n) is 11.5. The number of hydrazine groups is 1. The zero-order valence-corrected chi connectivity index (χ0v) is 12.3. The van der Waals surface area contributed by atoms with Gasteiger partial charge >= 0.3 is 0 Å². The molecule has 3 N–H and O–H groups in total. The fourth-order valence-corrected chi connectivity index (χ4v) is 3.46. The molecule has 20 heavy (non-hydrogen) atoms. The molecule has 2 heterocycles. The van der Waals surface area contributed by atoms with E-state index in [0.717, 1.165) is 16.6 Å². The highest BCUT2D eigenvalue weighted by molar-refractivity contribution is 7.19. The average molecular weight is 284 g/mol. The smallest absolute Gasteiger partial charge is 0.152 e. The third-order valence-corrected chi connectivity index (χ3v) is 4.60. The van der Waals surface area contributed by atoms with E-state index in [1.807, 2.05) is 0 Å². The number of hydrogen-bond acceptors (Lipinski definition) is 5. The minimum absolute atomic E-state index is 0.682. The molecule has 0 unspecified atom stereocenters. The Morgan fingerprint density at radius 2 is 1.95 bits per heavy atom. The first-order valence-corrected chi connectivity index (χ1v) is 7.36. The van der Waals surface area contributed by atoms with Crippen LogP contribution in [-0.2, 0) is 6.42 Å². The maximum Gasteiger partial charge on any atom is 0.152 e. The van der Waals surface area contributed by atoms with E-state index >= 15 is 0 Å². The first-order chi connectivity index (χ1) is 9.74. The van der Waals surface area contributed by atoms with Crippen LogP contribution in [0.4, 0.5) is 5.82 Å². The van der Waals surface area contributed by atoms with Crippen LogP contribution in [0.5, 0.6) is 0 Å². The van der Waals surface area contributed by atoms with Gasteiger partial charge in [0.15, 0.2) is 5.82 Å². The second-order valence-electron chi connectivity index (χ2n) is 4.67. The molecule has 2 aromatic heterocycles. The molecule has 1 aromatic carbocycles. The fraction of sp³-hybridized carbons (Fsp3) is 0.200. The Hall–Kier alpha value is -1.98. The number of nitrogens with zero attached hydrogens (tertiary/aromatic N) is 2. The number of benzene rings is 1. The molecule has 0 spiro atoms. The lowest BCUT2D eigenvalue weighted by molar-refractivity contribution is 1.18. The van der Waals surface area contributed by atoms with Crippen LogP contribution in [0.25, 0.3) is 21.3 Å². The minimum Gasteiger partial charge on any atom is -0.308 e. The summed E-state index contributed by atoms with van der Waals surface area (Å²) in [6.07, 6.45) is 2.51. The van der Waals surface area contributed by atoms with E-state index in [4.69, 9.17) is 5.84 Å². The molecule has 0 radical (unpaired) electrons. The number of aromatic nitrogens is 2. The van der Waals surface area contributed by atoms with E-state index in [-0.39, 0.29) is 0 Å². The van der Waals surface area contributed by atoms with Crippen molar-refractivity contribution in [2.75, 3.05) is 5.43 Å². The predicted molar refractivity (Wildman–Crippen MR) is 84.8 cm³/mol. The van der Waals surface area contributed by atoms with Crippen LogP contribution in [0.15, 0.2) is 30.6 Å². The summed E-state index contributed by atoms with van der Waals surface area (Å²) in [6, 6.07) is 8.53. The van der Waals surface area contributed by atoms with Crippen LogP contribution in [0.1, 0.15) is 17.4 Å². The van der Waals surface area contributed by atoms with Gasteiger partial charge < -0.3 is 5.43 Å². The zero-order chi connectivity index (χ0) is 14.1. The number of hydrogen-bond donors (Lipinski definition) is 2. The molecule has 0 aliphatic rings. The van der Waals surface area contributed by atoms with Gasteiger partial charge in [0.25, 0.3) is 0 Å². The van der Waals surface area contributed by atoms with Crippen LogP contribution >= 0.6 is 11.3 Å². The number of thiophene rings is 1. The summed E-state index contributed by atoms with van der Waals surface area (Å²) in [5, 5.41) is 1.01. The fourth-order valence-electron chi connectivity index (χ4n) is 2.36. The highest BCUT2D eigenvalue weighted by Crippen LogP contribution is 2.40. The van der Waals surface area contributed by atoms with Gasteiger partial charge in [0.05, 0.1) is 5.39 Å². The number of nitrogens with two attached hydrogens (primary N) is 1. The first kappa shape index (κ1) is 13.0. The first-order valence-electron chi connectivity index (χ1n) is 6.54. The van der Waals surface area contributed by atoms with Crippen LogP contribution in [-0.4, -0.2) is 9.97 Å². The summed E-state index contributed by atoms with van der Waals surface area (Å²) in [7, 11) is 0. The monoisotopic (exact) mass is 284 g/mol. The molecule has 0 aliphatic carbocycles. The number of aryl methyl sites for hydroxylation is 2. The summed E-state index contributed by atoms with van der Waals surface area (Å²) in [5.41, 5.74) is 6.31. The Labute approximate surface area is 121 Å². The minimum atomic E-state index is 0.682. The van der Waals surface area contributed by atoms with Crippen molar-refractivity contribution in [1.82, 2.24) is 9.97 Å². The van der Waals surface area contributed by atoms with E-state index < -0.39 is 0 Å². The highest BCUT2D eigenvalue weighted by Gasteiger charge is 2.17. The summed E-state index contributed by atoms with van der Waals surface area (Å²) >= 11 is 1.71. The Bertz CT molecular complexity index is 746. The maximum atomic E-state index is 5.60. The molecule has 0 aliphatic heterocycles. The second kappa shape index (κ2) is 5.19. The molecule has 0 fully saturated rings. The standard InChI is InChI=1S/C15H16N4S/c1-3-11-12(10-6-4-9(2)5-7-10)13-14(19-16)17-8-18-15(13)20-11/h4-8H,3,16H2,1-2H3,(H,17,18,19). The van der Waals surface area contributed by atoms with Gasteiger partial charge in [-0.3, -0.25) is 0 Å².